The van der Waals surface area contributed by atoms with Crippen LogP contribution in [0.15, 0.2) is 41.1 Å². The Kier molecular flexibility index (Phi) is 6.61. The van der Waals surface area contributed by atoms with Crippen molar-refractivity contribution in [3.05, 3.63) is 57.8 Å². The van der Waals surface area contributed by atoms with Crippen molar-refractivity contribution in [3.8, 4) is 0 Å². The molecule has 0 unspecified atom stereocenters. The van der Waals surface area contributed by atoms with E-state index in [9.17, 15) is 21.6 Å². The fourth-order valence-electron chi connectivity index (χ4n) is 2.19. The SMILES string of the molecule is COCCN(Cc1ccsc1)S(=O)(=O)Cc1ccc(C(F)(F)F)cc1. The summed E-state index contributed by atoms with van der Waals surface area (Å²) in [5.74, 6) is -0.362. The second-order valence-electron chi connectivity index (χ2n) is 5.41. The highest BCUT2D eigenvalue weighted by molar-refractivity contribution is 7.88. The van der Waals surface area contributed by atoms with E-state index in [1.807, 2.05) is 16.8 Å². The number of rotatable bonds is 8. The van der Waals surface area contributed by atoms with E-state index < -0.39 is 21.8 Å². The second-order valence-corrected chi connectivity index (χ2v) is 8.16. The molecule has 0 saturated carbocycles. The average Bonchev–Trinajstić information content (AvgIpc) is 3.03. The molecule has 2 aromatic rings. The van der Waals surface area contributed by atoms with Gasteiger partial charge in [-0.3, -0.25) is 0 Å². The minimum Gasteiger partial charge on any atom is -0.383 e. The van der Waals surface area contributed by atoms with E-state index in [4.69, 9.17) is 4.74 Å². The van der Waals surface area contributed by atoms with Crippen LogP contribution in [0.1, 0.15) is 16.7 Å². The molecule has 2 rings (SSSR count). The molecule has 4 nitrogen and oxygen atoms in total. The molecule has 25 heavy (non-hydrogen) atoms. The summed E-state index contributed by atoms with van der Waals surface area (Å²) in [7, 11) is -2.22. The van der Waals surface area contributed by atoms with Crippen LogP contribution in [0.25, 0.3) is 0 Å². The third-order valence-electron chi connectivity index (χ3n) is 3.51. The van der Waals surface area contributed by atoms with Crippen molar-refractivity contribution in [1.29, 1.82) is 0 Å². The Morgan fingerprint density at radius 2 is 1.80 bits per heavy atom. The molecular weight excluding hydrogens is 375 g/mol. The monoisotopic (exact) mass is 393 g/mol. The van der Waals surface area contributed by atoms with Crippen LogP contribution in [0.5, 0.6) is 0 Å². The topological polar surface area (TPSA) is 46.6 Å². The van der Waals surface area contributed by atoms with E-state index in [0.29, 0.717) is 5.56 Å². The first-order chi connectivity index (χ1) is 11.7. The van der Waals surface area contributed by atoms with Crippen LogP contribution in [0, 0.1) is 0 Å². The van der Waals surface area contributed by atoms with Gasteiger partial charge < -0.3 is 4.74 Å². The highest BCUT2D eigenvalue weighted by atomic mass is 32.2. The van der Waals surface area contributed by atoms with Gasteiger partial charge in [-0.25, -0.2) is 8.42 Å². The molecule has 0 aliphatic heterocycles. The minimum atomic E-state index is -4.44. The maximum atomic E-state index is 12.7. The van der Waals surface area contributed by atoms with Crippen LogP contribution in [0.4, 0.5) is 13.2 Å². The number of thiophene rings is 1. The molecule has 0 radical (unpaired) electrons. The number of halogens is 3. The quantitative estimate of drug-likeness (QED) is 0.686. The van der Waals surface area contributed by atoms with E-state index in [1.165, 1.54) is 34.9 Å². The van der Waals surface area contributed by atoms with E-state index in [0.717, 1.165) is 17.7 Å². The molecule has 0 atom stereocenters. The summed E-state index contributed by atoms with van der Waals surface area (Å²) in [4.78, 5) is 0. The van der Waals surface area contributed by atoms with Crippen molar-refractivity contribution in [2.24, 2.45) is 0 Å². The smallest absolute Gasteiger partial charge is 0.383 e. The molecule has 0 spiro atoms. The highest BCUT2D eigenvalue weighted by Crippen LogP contribution is 2.29. The van der Waals surface area contributed by atoms with Crippen LogP contribution in [-0.2, 0) is 33.2 Å². The fraction of sp³-hybridized carbons (Fsp3) is 0.375. The van der Waals surface area contributed by atoms with Crippen LogP contribution in [0.3, 0.4) is 0 Å². The number of hydrogen-bond acceptors (Lipinski definition) is 4. The van der Waals surface area contributed by atoms with Crippen LogP contribution < -0.4 is 0 Å². The van der Waals surface area contributed by atoms with Gasteiger partial charge in [0.2, 0.25) is 10.0 Å². The van der Waals surface area contributed by atoms with Gasteiger partial charge in [-0.2, -0.15) is 28.8 Å². The molecule has 0 amide bonds. The Hall–Kier alpha value is -1.42. The van der Waals surface area contributed by atoms with E-state index in [1.54, 1.807) is 0 Å². The van der Waals surface area contributed by atoms with Gasteiger partial charge in [0.25, 0.3) is 0 Å². The molecule has 1 heterocycles. The number of hydrogen-bond donors (Lipinski definition) is 0. The summed E-state index contributed by atoms with van der Waals surface area (Å²) in [6.45, 7) is 0.613. The lowest BCUT2D eigenvalue weighted by Gasteiger charge is -2.21. The number of ether oxygens (including phenoxy) is 1. The molecular formula is C16H18F3NO3S2. The zero-order valence-electron chi connectivity index (χ0n) is 13.5. The normalized spacial score (nSPS) is 12.7. The average molecular weight is 393 g/mol. The number of benzene rings is 1. The van der Waals surface area contributed by atoms with Crippen molar-refractivity contribution in [2.45, 2.75) is 18.5 Å². The fourth-order valence-corrected chi connectivity index (χ4v) is 4.34. The van der Waals surface area contributed by atoms with Gasteiger partial charge in [-0.1, -0.05) is 12.1 Å². The third-order valence-corrected chi connectivity index (χ3v) is 6.04. The summed E-state index contributed by atoms with van der Waals surface area (Å²) in [5.41, 5.74) is 0.362. The van der Waals surface area contributed by atoms with Gasteiger partial charge in [0, 0.05) is 20.2 Å². The van der Waals surface area contributed by atoms with Crippen molar-refractivity contribution in [3.63, 3.8) is 0 Å². The molecule has 0 saturated heterocycles. The van der Waals surface area contributed by atoms with Crippen LogP contribution in [-0.4, -0.2) is 33.0 Å². The van der Waals surface area contributed by atoms with Gasteiger partial charge in [0.1, 0.15) is 0 Å². The summed E-state index contributed by atoms with van der Waals surface area (Å²) in [6, 6.07) is 6.00. The van der Waals surface area contributed by atoms with Gasteiger partial charge in [-0.15, -0.1) is 0 Å². The second kappa shape index (κ2) is 8.31. The molecule has 0 aliphatic carbocycles. The summed E-state index contributed by atoms with van der Waals surface area (Å²) in [5, 5.41) is 3.71. The van der Waals surface area contributed by atoms with E-state index in [-0.39, 0.29) is 25.4 Å². The highest BCUT2D eigenvalue weighted by Gasteiger charge is 2.30. The van der Waals surface area contributed by atoms with Crippen molar-refractivity contribution >= 4 is 21.4 Å². The molecule has 138 valence electrons. The molecule has 0 aliphatic rings. The summed E-state index contributed by atoms with van der Waals surface area (Å²) in [6.07, 6.45) is -4.44. The first-order valence-corrected chi connectivity index (χ1v) is 9.91. The Morgan fingerprint density at radius 3 is 2.32 bits per heavy atom. The lowest BCUT2D eigenvalue weighted by atomic mass is 10.1. The maximum Gasteiger partial charge on any atom is 0.416 e. The lowest BCUT2D eigenvalue weighted by molar-refractivity contribution is -0.137. The Labute approximate surface area is 148 Å². The Balaban J connectivity index is 2.15. The third kappa shape index (κ3) is 5.81. The summed E-state index contributed by atoms with van der Waals surface area (Å²) < 4.78 is 69.4. The number of sulfonamides is 1. The summed E-state index contributed by atoms with van der Waals surface area (Å²) >= 11 is 1.46. The Morgan fingerprint density at radius 1 is 1.12 bits per heavy atom. The van der Waals surface area contributed by atoms with Gasteiger partial charge in [-0.05, 0) is 40.1 Å². The van der Waals surface area contributed by atoms with Gasteiger partial charge in [0.05, 0.1) is 17.9 Å². The largest absolute Gasteiger partial charge is 0.416 e. The lowest BCUT2D eigenvalue weighted by Crippen LogP contribution is -2.34. The van der Waals surface area contributed by atoms with Crippen molar-refractivity contribution in [2.75, 3.05) is 20.3 Å². The van der Waals surface area contributed by atoms with E-state index in [2.05, 4.69) is 0 Å². The molecule has 0 bridgehead atoms. The zero-order valence-corrected chi connectivity index (χ0v) is 15.1. The predicted octanol–water partition coefficient (Wildman–Crippen LogP) is 3.75. The maximum absolute atomic E-state index is 12.7. The molecule has 9 heteroatoms. The number of nitrogens with zero attached hydrogens (tertiary/aromatic N) is 1. The van der Waals surface area contributed by atoms with Gasteiger partial charge >= 0.3 is 6.18 Å². The molecule has 0 fully saturated rings. The number of alkyl halides is 3. The van der Waals surface area contributed by atoms with Crippen molar-refractivity contribution in [1.82, 2.24) is 4.31 Å². The van der Waals surface area contributed by atoms with Gasteiger partial charge in [0.15, 0.2) is 0 Å². The van der Waals surface area contributed by atoms with Crippen LogP contribution >= 0.6 is 11.3 Å². The van der Waals surface area contributed by atoms with E-state index >= 15 is 0 Å². The first kappa shape index (κ1) is 19.9. The molecule has 1 aromatic heterocycles. The first-order valence-electron chi connectivity index (χ1n) is 7.36. The Bertz CT molecular complexity index is 757. The van der Waals surface area contributed by atoms with Crippen molar-refractivity contribution < 1.29 is 26.3 Å². The zero-order chi connectivity index (χ0) is 18.5. The number of methoxy groups -OCH3 is 1. The standard InChI is InChI=1S/C16H18F3NO3S2/c1-23-8-7-20(10-14-6-9-24-11-14)25(21,22)12-13-2-4-15(5-3-13)16(17,18)19/h2-6,9,11H,7-8,10,12H2,1H3. The van der Waals surface area contributed by atoms with Crippen LogP contribution in [0.2, 0.25) is 0 Å². The predicted molar refractivity (Wildman–Crippen MR) is 90.7 cm³/mol. The molecule has 1 aromatic carbocycles. The molecule has 0 N–H and O–H groups in total. The minimum absolute atomic E-state index is 0.176.